The van der Waals surface area contributed by atoms with Crippen molar-refractivity contribution < 1.29 is 4.12 Å². The van der Waals surface area contributed by atoms with Gasteiger partial charge >= 0.3 is 0 Å². The fourth-order valence-electron chi connectivity index (χ4n) is 4.50. The second-order valence-electron chi connectivity index (χ2n) is 9.95. The first-order valence-electron chi connectivity index (χ1n) is 10.4. The van der Waals surface area contributed by atoms with Crippen molar-refractivity contribution in [3.63, 3.8) is 0 Å². The van der Waals surface area contributed by atoms with Crippen LogP contribution in [0.15, 0.2) is 18.2 Å². The molecule has 1 aromatic rings. The summed E-state index contributed by atoms with van der Waals surface area (Å²) in [6.45, 7) is 11.8. The molecular weight excluding hydrogens is 352 g/mol. The van der Waals surface area contributed by atoms with Gasteiger partial charge in [-0.2, -0.15) is 0 Å². The van der Waals surface area contributed by atoms with E-state index in [9.17, 15) is 0 Å². The Morgan fingerprint density at radius 3 is 1.85 bits per heavy atom. The number of rotatable bonds is 8. The number of hydrogen-bond donors (Lipinski definition) is 2. The van der Waals surface area contributed by atoms with Crippen LogP contribution >= 0.6 is 0 Å². The molecule has 1 aromatic carbocycles. The van der Waals surface area contributed by atoms with Crippen LogP contribution in [0.4, 0.5) is 11.4 Å². The molecule has 1 fully saturated rings. The Kier molecular flexibility index (Phi) is 7.39. The largest absolute Gasteiger partial charge is 0.456 e. The lowest BCUT2D eigenvalue weighted by molar-refractivity contribution is 0.257. The summed E-state index contributed by atoms with van der Waals surface area (Å²) in [5.74, 6) is 1.80. The van der Waals surface area contributed by atoms with E-state index in [0.717, 1.165) is 29.6 Å². The Bertz CT molecular complexity index is 556. The van der Waals surface area contributed by atoms with Gasteiger partial charge in [0.1, 0.15) is 0 Å². The van der Waals surface area contributed by atoms with Crippen LogP contribution < -0.4 is 11.5 Å². The Morgan fingerprint density at radius 2 is 1.35 bits per heavy atom. The predicted molar refractivity (Wildman–Crippen MR) is 120 cm³/mol. The van der Waals surface area contributed by atoms with E-state index < -0.39 is 16.6 Å². The minimum absolute atomic E-state index is 0.788. The Labute approximate surface area is 163 Å². The number of aryl methyl sites for hydroxylation is 1. The van der Waals surface area contributed by atoms with E-state index in [4.69, 9.17) is 15.6 Å². The van der Waals surface area contributed by atoms with Crippen molar-refractivity contribution in [3.05, 3.63) is 23.8 Å². The van der Waals surface area contributed by atoms with Gasteiger partial charge in [0.15, 0.2) is 16.6 Å². The molecule has 0 unspecified atom stereocenters. The number of hydrogen-bond acceptors (Lipinski definition) is 3. The van der Waals surface area contributed by atoms with Gasteiger partial charge < -0.3 is 15.6 Å². The lowest BCUT2D eigenvalue weighted by atomic mass is 9.78. The van der Waals surface area contributed by atoms with Crippen LogP contribution in [0.2, 0.25) is 38.8 Å². The van der Waals surface area contributed by atoms with Crippen molar-refractivity contribution in [2.45, 2.75) is 83.7 Å². The molecule has 148 valence electrons. The molecule has 5 heteroatoms. The smallest absolute Gasteiger partial charge is 0.173 e. The van der Waals surface area contributed by atoms with E-state index in [-0.39, 0.29) is 0 Å². The van der Waals surface area contributed by atoms with Gasteiger partial charge in [-0.3, -0.25) is 0 Å². The van der Waals surface area contributed by atoms with Gasteiger partial charge in [-0.15, -0.1) is 0 Å². The van der Waals surface area contributed by atoms with E-state index in [1.807, 2.05) is 6.07 Å². The number of nitrogen functional groups attached to an aromatic ring is 2. The van der Waals surface area contributed by atoms with Crippen molar-refractivity contribution in [2.24, 2.45) is 11.8 Å². The topological polar surface area (TPSA) is 61.3 Å². The van der Waals surface area contributed by atoms with Gasteiger partial charge in [0.2, 0.25) is 0 Å². The van der Waals surface area contributed by atoms with Gasteiger partial charge in [0.05, 0.1) is 0 Å². The van der Waals surface area contributed by atoms with Crippen LogP contribution in [-0.4, -0.2) is 16.6 Å². The van der Waals surface area contributed by atoms with Crippen molar-refractivity contribution >= 4 is 28.0 Å². The summed E-state index contributed by atoms with van der Waals surface area (Å²) < 4.78 is 6.50. The quantitative estimate of drug-likeness (QED) is 0.419. The highest BCUT2D eigenvalue weighted by molar-refractivity contribution is 6.84. The second-order valence-corrected chi connectivity index (χ2v) is 19.0. The maximum atomic E-state index is 6.50. The van der Waals surface area contributed by atoms with E-state index in [0.29, 0.717) is 0 Å². The molecule has 0 radical (unpaired) electrons. The van der Waals surface area contributed by atoms with Gasteiger partial charge in [-0.1, -0.05) is 32.1 Å². The summed E-state index contributed by atoms with van der Waals surface area (Å²) in [6.07, 6.45) is 9.34. The van der Waals surface area contributed by atoms with Gasteiger partial charge in [0.25, 0.3) is 0 Å². The molecule has 4 N–H and O–H groups in total. The van der Waals surface area contributed by atoms with Crippen LogP contribution in [0, 0.1) is 11.8 Å². The van der Waals surface area contributed by atoms with Crippen molar-refractivity contribution in [3.8, 4) is 0 Å². The number of nitrogens with two attached hydrogens (primary N) is 2. The summed E-state index contributed by atoms with van der Waals surface area (Å²) in [6, 6.07) is 7.32. The molecule has 0 aromatic heterocycles. The van der Waals surface area contributed by atoms with Crippen LogP contribution in [0.5, 0.6) is 0 Å². The fraction of sp³-hybridized carbons (Fsp3) is 0.714. The molecule has 0 aliphatic heterocycles. The van der Waals surface area contributed by atoms with Gasteiger partial charge in [-0.25, -0.2) is 0 Å². The Morgan fingerprint density at radius 1 is 0.846 bits per heavy atom. The predicted octanol–water partition coefficient (Wildman–Crippen LogP) is 6.04. The highest BCUT2D eigenvalue weighted by Gasteiger charge is 2.31. The van der Waals surface area contributed by atoms with Crippen molar-refractivity contribution in [1.29, 1.82) is 0 Å². The highest BCUT2D eigenvalue weighted by atomic mass is 28.4. The first-order chi connectivity index (χ1) is 12.0. The summed E-state index contributed by atoms with van der Waals surface area (Å²) in [5.41, 5.74) is 14.7. The van der Waals surface area contributed by atoms with E-state index >= 15 is 0 Å². The molecule has 1 saturated carbocycles. The maximum Gasteiger partial charge on any atom is 0.173 e. The van der Waals surface area contributed by atoms with Crippen LogP contribution in [0.25, 0.3) is 0 Å². The SMILES string of the molecule is C[Si](C)(C)O[Si](C)(C)CCC1CCC(CCc2cc(N)cc(N)c2)CC1. The first kappa shape index (κ1) is 21.5. The minimum atomic E-state index is -1.47. The molecule has 3 nitrogen and oxygen atoms in total. The fourth-order valence-corrected chi connectivity index (χ4v) is 12.6. The zero-order valence-electron chi connectivity index (χ0n) is 17.6. The maximum absolute atomic E-state index is 6.50. The average Bonchev–Trinajstić information content (AvgIpc) is 2.49. The lowest BCUT2D eigenvalue weighted by Gasteiger charge is -2.34. The van der Waals surface area contributed by atoms with Crippen LogP contribution in [0.3, 0.4) is 0 Å². The molecule has 1 aliphatic carbocycles. The van der Waals surface area contributed by atoms with Crippen molar-refractivity contribution in [2.75, 3.05) is 11.5 Å². The third kappa shape index (κ3) is 7.84. The van der Waals surface area contributed by atoms with Crippen molar-refractivity contribution in [1.82, 2.24) is 0 Å². The number of anilines is 2. The molecular formula is C21H40N2OSi2. The van der Waals surface area contributed by atoms with Crippen LogP contribution in [0.1, 0.15) is 44.1 Å². The summed E-state index contributed by atoms with van der Waals surface area (Å²) >= 11 is 0. The van der Waals surface area contributed by atoms with Gasteiger partial charge in [0, 0.05) is 11.4 Å². The molecule has 1 aliphatic rings. The zero-order chi connectivity index (χ0) is 19.4. The number of benzene rings is 1. The molecule has 0 amide bonds. The molecule has 0 atom stereocenters. The third-order valence-electron chi connectivity index (χ3n) is 5.58. The standard InChI is InChI=1S/C21H40N2OSi2/c1-25(2,3)24-26(4,5)13-12-18-8-6-17(7-9-18)10-11-19-14-20(22)16-21(23)15-19/h14-18H,6-13,22-23H2,1-5H3. The summed E-state index contributed by atoms with van der Waals surface area (Å²) in [5, 5.41) is 0. The van der Waals surface area contributed by atoms with E-state index in [1.165, 1.54) is 50.1 Å². The normalized spacial score (nSPS) is 21.7. The molecule has 2 rings (SSSR count). The lowest BCUT2D eigenvalue weighted by Crippen LogP contribution is -2.42. The van der Waals surface area contributed by atoms with E-state index in [1.54, 1.807) is 0 Å². The highest BCUT2D eigenvalue weighted by Crippen LogP contribution is 2.35. The average molecular weight is 393 g/mol. The zero-order valence-corrected chi connectivity index (χ0v) is 19.6. The summed E-state index contributed by atoms with van der Waals surface area (Å²) in [4.78, 5) is 0. The van der Waals surface area contributed by atoms with Gasteiger partial charge in [-0.05, 0) is 87.2 Å². The summed E-state index contributed by atoms with van der Waals surface area (Å²) in [7, 11) is -2.87. The van der Waals surface area contributed by atoms with E-state index in [2.05, 4.69) is 44.9 Å². The Balaban J connectivity index is 1.70. The molecule has 0 spiro atoms. The molecule has 26 heavy (non-hydrogen) atoms. The first-order valence-corrected chi connectivity index (χ1v) is 16.9. The minimum Gasteiger partial charge on any atom is -0.456 e. The monoisotopic (exact) mass is 392 g/mol. The molecule has 0 saturated heterocycles. The van der Waals surface area contributed by atoms with Crippen LogP contribution in [-0.2, 0) is 10.5 Å². The second kappa shape index (κ2) is 8.94. The molecule has 0 heterocycles. The molecule has 0 bridgehead atoms. The Hall–Kier alpha value is -0.786. The third-order valence-corrected chi connectivity index (χ3v) is 11.7.